The van der Waals surface area contributed by atoms with Crippen LogP contribution in [0.3, 0.4) is 0 Å². The third kappa shape index (κ3) is 0.871. The Kier molecular flexibility index (Phi) is 1.37. The Morgan fingerprint density at radius 3 is 2.67 bits per heavy atom. The van der Waals surface area contributed by atoms with Crippen molar-refractivity contribution in [2.45, 2.75) is 0 Å². The predicted molar refractivity (Wildman–Crippen MR) is 45.4 cm³/mol. The Labute approximate surface area is 68.5 Å². The van der Waals surface area contributed by atoms with Gasteiger partial charge in [0.05, 0.1) is 5.52 Å². The molecule has 0 spiro atoms. The topological polar surface area (TPSA) is 42.2 Å². The molecule has 0 radical (unpaired) electrons. The van der Waals surface area contributed by atoms with Crippen molar-refractivity contribution in [1.82, 2.24) is 4.73 Å². The van der Waals surface area contributed by atoms with Gasteiger partial charge in [0, 0.05) is 17.6 Å². The number of aromatic nitrogens is 1. The molecule has 0 unspecified atom stereocenters. The number of nitrogens with zero attached hydrogens (tertiary/aromatic N) is 1. The van der Waals surface area contributed by atoms with Crippen LogP contribution in [0.4, 0.5) is 0 Å². The quantitative estimate of drug-likeness (QED) is 0.590. The summed E-state index contributed by atoms with van der Waals surface area (Å²) in [5.74, 6) is 0. The van der Waals surface area contributed by atoms with Gasteiger partial charge >= 0.3 is 0 Å². The normalized spacial score (nSPS) is 10.3. The summed E-state index contributed by atoms with van der Waals surface area (Å²) < 4.78 is 0.941. The number of hydrogen-bond acceptors (Lipinski definition) is 2. The lowest BCUT2D eigenvalue weighted by Crippen LogP contribution is -2.04. The molecular weight excluding hydrogens is 154 g/mol. The molecule has 60 valence electrons. The van der Waals surface area contributed by atoms with Gasteiger partial charge in [-0.1, -0.05) is 12.1 Å². The fraction of sp³-hybridized carbons (Fsp3) is 0. The smallest absolute Gasteiger partial charge is 0.189 e. The van der Waals surface area contributed by atoms with Gasteiger partial charge in [0.1, 0.15) is 0 Å². The largest absolute Gasteiger partial charge is 0.428 e. The maximum Gasteiger partial charge on any atom is 0.189 e. The lowest BCUT2D eigenvalue weighted by atomic mass is 10.2. The molecule has 0 fully saturated rings. The van der Waals surface area contributed by atoms with E-state index in [9.17, 15) is 10.0 Å². The molecule has 0 aliphatic rings. The summed E-state index contributed by atoms with van der Waals surface area (Å²) in [6.45, 7) is 0. The van der Waals surface area contributed by atoms with Crippen LogP contribution < -0.4 is 5.43 Å². The molecule has 1 aromatic heterocycles. The van der Waals surface area contributed by atoms with E-state index < -0.39 is 0 Å². The number of rotatable bonds is 0. The predicted octanol–water partition coefficient (Wildman–Crippen LogP) is 1.24. The van der Waals surface area contributed by atoms with Crippen molar-refractivity contribution in [2.24, 2.45) is 0 Å². The first-order valence-electron chi connectivity index (χ1n) is 3.59. The van der Waals surface area contributed by atoms with Crippen molar-refractivity contribution in [3.63, 3.8) is 0 Å². The average Bonchev–Trinajstić information content (AvgIpc) is 2.12. The number of fused-ring (bicyclic) bond motifs is 1. The first-order chi connectivity index (χ1) is 5.79. The van der Waals surface area contributed by atoms with Crippen LogP contribution in [0.2, 0.25) is 0 Å². The van der Waals surface area contributed by atoms with Crippen molar-refractivity contribution in [1.29, 1.82) is 0 Å². The van der Waals surface area contributed by atoms with Gasteiger partial charge in [0.2, 0.25) is 0 Å². The number of hydrogen-bond donors (Lipinski definition) is 1. The van der Waals surface area contributed by atoms with E-state index in [0.717, 1.165) is 4.73 Å². The molecule has 3 heteroatoms. The zero-order valence-electron chi connectivity index (χ0n) is 6.27. The summed E-state index contributed by atoms with van der Waals surface area (Å²) in [6, 6.07) is 8.25. The van der Waals surface area contributed by atoms with E-state index in [4.69, 9.17) is 0 Å². The Morgan fingerprint density at radius 1 is 1.17 bits per heavy atom. The second-order valence-electron chi connectivity index (χ2n) is 2.54. The summed E-state index contributed by atoms with van der Waals surface area (Å²) in [5, 5.41) is 9.80. The zero-order chi connectivity index (χ0) is 8.55. The van der Waals surface area contributed by atoms with E-state index in [1.165, 1.54) is 12.3 Å². The molecule has 2 rings (SSSR count). The third-order valence-electron chi connectivity index (χ3n) is 1.78. The zero-order valence-corrected chi connectivity index (χ0v) is 6.27. The molecule has 0 bridgehead atoms. The number of benzene rings is 1. The van der Waals surface area contributed by atoms with Crippen LogP contribution in [-0.2, 0) is 0 Å². The Bertz CT molecular complexity index is 473. The highest BCUT2D eigenvalue weighted by molar-refractivity contribution is 5.78. The molecule has 0 aliphatic heterocycles. The van der Waals surface area contributed by atoms with E-state index in [1.54, 1.807) is 24.3 Å². The Balaban J connectivity index is 3.05. The fourth-order valence-electron chi connectivity index (χ4n) is 1.19. The lowest BCUT2D eigenvalue weighted by molar-refractivity contribution is 0.198. The van der Waals surface area contributed by atoms with Crippen LogP contribution >= 0.6 is 0 Å². The van der Waals surface area contributed by atoms with Crippen LogP contribution in [0.15, 0.2) is 41.3 Å². The second-order valence-corrected chi connectivity index (χ2v) is 2.54. The maximum atomic E-state index is 11.2. The Hall–Kier alpha value is -1.77. The van der Waals surface area contributed by atoms with E-state index in [-0.39, 0.29) is 5.43 Å². The third-order valence-corrected chi connectivity index (χ3v) is 1.78. The minimum Gasteiger partial charge on any atom is -0.428 e. The standard InChI is InChI=1S/C9H7NO2/c11-9-5-6-10(12)8-4-2-1-3-7(8)9/h1-6,12H. The van der Waals surface area contributed by atoms with Gasteiger partial charge in [0.25, 0.3) is 0 Å². The van der Waals surface area contributed by atoms with Gasteiger partial charge in [0.15, 0.2) is 5.43 Å². The Morgan fingerprint density at radius 2 is 1.92 bits per heavy atom. The minimum atomic E-state index is -0.0732. The van der Waals surface area contributed by atoms with Crippen molar-refractivity contribution < 1.29 is 5.21 Å². The van der Waals surface area contributed by atoms with Crippen LogP contribution in [-0.4, -0.2) is 9.94 Å². The van der Waals surface area contributed by atoms with E-state index in [0.29, 0.717) is 10.9 Å². The molecule has 0 aliphatic carbocycles. The van der Waals surface area contributed by atoms with E-state index in [2.05, 4.69) is 0 Å². The molecule has 12 heavy (non-hydrogen) atoms. The molecule has 0 amide bonds. The molecule has 3 nitrogen and oxygen atoms in total. The maximum absolute atomic E-state index is 11.2. The van der Waals surface area contributed by atoms with Gasteiger partial charge in [-0.25, -0.2) is 0 Å². The average molecular weight is 161 g/mol. The molecule has 1 N–H and O–H groups in total. The number of para-hydroxylation sites is 1. The first kappa shape index (κ1) is 6.91. The highest BCUT2D eigenvalue weighted by atomic mass is 16.5. The fourth-order valence-corrected chi connectivity index (χ4v) is 1.19. The molecule has 0 saturated heterocycles. The summed E-state index contributed by atoms with van der Waals surface area (Å²) in [6.07, 6.45) is 1.34. The van der Waals surface area contributed by atoms with Gasteiger partial charge in [-0.05, 0) is 12.1 Å². The van der Waals surface area contributed by atoms with Gasteiger partial charge in [-0.15, -0.1) is 0 Å². The van der Waals surface area contributed by atoms with Crippen LogP contribution in [0.5, 0.6) is 0 Å². The monoisotopic (exact) mass is 161 g/mol. The minimum absolute atomic E-state index is 0.0732. The lowest BCUT2D eigenvalue weighted by Gasteiger charge is -2.00. The molecule has 0 saturated carbocycles. The molecule has 0 atom stereocenters. The second kappa shape index (κ2) is 2.37. The van der Waals surface area contributed by atoms with Crippen molar-refractivity contribution >= 4 is 10.9 Å². The summed E-state index contributed by atoms with van der Waals surface area (Å²) in [5.41, 5.74) is 0.459. The first-order valence-corrected chi connectivity index (χ1v) is 3.59. The molecule has 1 aromatic carbocycles. The summed E-state index contributed by atoms with van der Waals surface area (Å²) in [4.78, 5) is 11.2. The van der Waals surface area contributed by atoms with Crippen LogP contribution in [0.1, 0.15) is 0 Å². The van der Waals surface area contributed by atoms with Crippen molar-refractivity contribution in [3.05, 3.63) is 46.8 Å². The highest BCUT2D eigenvalue weighted by Gasteiger charge is 1.98. The molecular formula is C9H7NO2. The van der Waals surface area contributed by atoms with Crippen LogP contribution in [0.25, 0.3) is 10.9 Å². The van der Waals surface area contributed by atoms with Crippen molar-refractivity contribution in [3.8, 4) is 0 Å². The van der Waals surface area contributed by atoms with Gasteiger partial charge < -0.3 is 5.21 Å². The molecule has 2 aromatic rings. The summed E-state index contributed by atoms with van der Waals surface area (Å²) >= 11 is 0. The number of pyridine rings is 1. The van der Waals surface area contributed by atoms with Gasteiger partial charge in [-0.2, -0.15) is 4.73 Å². The highest BCUT2D eigenvalue weighted by Crippen LogP contribution is 2.06. The van der Waals surface area contributed by atoms with Crippen LogP contribution in [0, 0.1) is 0 Å². The molecule has 1 heterocycles. The van der Waals surface area contributed by atoms with Crippen molar-refractivity contribution in [2.75, 3.05) is 0 Å². The van der Waals surface area contributed by atoms with Gasteiger partial charge in [-0.3, -0.25) is 4.79 Å². The SMILES string of the molecule is O=c1ccn(O)c2ccccc12. The van der Waals surface area contributed by atoms with E-state index in [1.807, 2.05) is 0 Å². The van der Waals surface area contributed by atoms with E-state index >= 15 is 0 Å². The summed E-state index contributed by atoms with van der Waals surface area (Å²) in [7, 11) is 0.